The van der Waals surface area contributed by atoms with Crippen LogP contribution in [0.4, 0.5) is 0 Å². The zero-order valence-corrected chi connectivity index (χ0v) is 16.0. The smallest absolute Gasteiger partial charge is 0.307 e. The number of aromatic nitrogens is 2. The predicted octanol–water partition coefficient (Wildman–Crippen LogP) is 3.31. The number of nitrogens with one attached hydrogen (secondary N) is 1. The molecular weight excluding hydrogens is 362 g/mol. The van der Waals surface area contributed by atoms with E-state index in [-0.39, 0.29) is 24.3 Å². The first kappa shape index (κ1) is 19.0. The van der Waals surface area contributed by atoms with Gasteiger partial charge in [-0.05, 0) is 43.3 Å². The Hall–Kier alpha value is -2.80. The van der Waals surface area contributed by atoms with E-state index in [1.807, 2.05) is 47.1 Å². The molecule has 27 heavy (non-hydrogen) atoms. The lowest BCUT2D eigenvalue weighted by atomic mass is 10.2. The van der Waals surface area contributed by atoms with Crippen LogP contribution in [0.3, 0.4) is 0 Å². The monoisotopic (exact) mass is 383 g/mol. The van der Waals surface area contributed by atoms with Crippen LogP contribution in [0.2, 0.25) is 0 Å². The number of thioether (sulfide) groups is 1. The zero-order valence-electron chi connectivity index (χ0n) is 15.2. The Labute approximate surface area is 161 Å². The van der Waals surface area contributed by atoms with E-state index in [4.69, 9.17) is 0 Å². The SMILES string of the molecule is COC(=O)CC(C)NC(=O)c1ccc(SCc2cn3ccccc3n2)cc1. The summed E-state index contributed by atoms with van der Waals surface area (Å²) in [5.74, 6) is 0.202. The minimum atomic E-state index is -0.346. The Bertz CT molecular complexity index is 904. The van der Waals surface area contributed by atoms with E-state index < -0.39 is 0 Å². The number of ether oxygens (including phenoxy) is 1. The van der Waals surface area contributed by atoms with E-state index in [0.717, 1.165) is 22.0 Å². The molecule has 3 aromatic rings. The van der Waals surface area contributed by atoms with Crippen molar-refractivity contribution in [3.05, 3.63) is 66.1 Å². The average molecular weight is 383 g/mol. The van der Waals surface area contributed by atoms with Crippen LogP contribution in [0.25, 0.3) is 5.65 Å². The summed E-state index contributed by atoms with van der Waals surface area (Å²) in [4.78, 5) is 29.1. The average Bonchev–Trinajstić information content (AvgIpc) is 3.09. The number of hydrogen-bond acceptors (Lipinski definition) is 5. The van der Waals surface area contributed by atoms with Gasteiger partial charge in [0.05, 0.1) is 19.2 Å². The highest BCUT2D eigenvalue weighted by Crippen LogP contribution is 2.23. The van der Waals surface area contributed by atoms with Crippen molar-refractivity contribution in [2.75, 3.05) is 7.11 Å². The largest absolute Gasteiger partial charge is 0.469 e. The molecule has 1 atom stereocenters. The van der Waals surface area contributed by atoms with Crippen LogP contribution in [-0.2, 0) is 15.3 Å². The lowest BCUT2D eigenvalue weighted by Gasteiger charge is -2.12. The topological polar surface area (TPSA) is 72.7 Å². The highest BCUT2D eigenvalue weighted by Gasteiger charge is 2.13. The van der Waals surface area contributed by atoms with Crippen molar-refractivity contribution in [3.8, 4) is 0 Å². The summed E-state index contributed by atoms with van der Waals surface area (Å²) < 4.78 is 6.61. The van der Waals surface area contributed by atoms with Crippen molar-refractivity contribution >= 4 is 29.3 Å². The van der Waals surface area contributed by atoms with Gasteiger partial charge in [-0.25, -0.2) is 4.98 Å². The molecule has 0 fully saturated rings. The summed E-state index contributed by atoms with van der Waals surface area (Å²) in [7, 11) is 1.33. The first-order valence-corrected chi connectivity index (χ1v) is 9.57. The van der Waals surface area contributed by atoms with Gasteiger partial charge >= 0.3 is 5.97 Å². The van der Waals surface area contributed by atoms with Gasteiger partial charge in [0.15, 0.2) is 0 Å². The normalized spacial score (nSPS) is 11.9. The molecule has 0 radical (unpaired) electrons. The molecule has 1 unspecified atom stereocenters. The van der Waals surface area contributed by atoms with Gasteiger partial charge in [-0.15, -0.1) is 11.8 Å². The number of benzene rings is 1. The molecule has 1 amide bonds. The maximum atomic E-state index is 12.2. The number of carbonyl (C=O) groups excluding carboxylic acids is 2. The van der Waals surface area contributed by atoms with Gasteiger partial charge in [0.2, 0.25) is 0 Å². The highest BCUT2D eigenvalue weighted by atomic mass is 32.2. The van der Waals surface area contributed by atoms with E-state index in [0.29, 0.717) is 5.56 Å². The summed E-state index contributed by atoms with van der Waals surface area (Å²) in [6.45, 7) is 1.77. The summed E-state index contributed by atoms with van der Waals surface area (Å²) in [6.07, 6.45) is 4.15. The summed E-state index contributed by atoms with van der Waals surface area (Å²) in [5, 5.41) is 2.79. The lowest BCUT2D eigenvalue weighted by molar-refractivity contribution is -0.141. The fraction of sp³-hybridized carbons (Fsp3) is 0.250. The number of nitrogens with zero attached hydrogens (tertiary/aromatic N) is 2. The fourth-order valence-electron chi connectivity index (χ4n) is 2.61. The van der Waals surface area contributed by atoms with Crippen molar-refractivity contribution in [1.29, 1.82) is 0 Å². The number of carbonyl (C=O) groups is 2. The van der Waals surface area contributed by atoms with Crippen molar-refractivity contribution < 1.29 is 14.3 Å². The van der Waals surface area contributed by atoms with Crippen LogP contribution < -0.4 is 5.32 Å². The first-order chi connectivity index (χ1) is 13.0. The van der Waals surface area contributed by atoms with Gasteiger partial charge in [-0.2, -0.15) is 0 Å². The third-order valence-corrected chi connectivity index (χ3v) is 5.04. The summed E-state index contributed by atoms with van der Waals surface area (Å²) in [5.41, 5.74) is 2.50. The predicted molar refractivity (Wildman–Crippen MR) is 105 cm³/mol. The van der Waals surface area contributed by atoms with E-state index in [1.54, 1.807) is 30.8 Å². The number of pyridine rings is 1. The van der Waals surface area contributed by atoms with Crippen LogP contribution in [0.15, 0.2) is 59.8 Å². The molecule has 0 spiro atoms. The van der Waals surface area contributed by atoms with Crippen LogP contribution in [0.5, 0.6) is 0 Å². The van der Waals surface area contributed by atoms with Gasteiger partial charge in [-0.1, -0.05) is 6.07 Å². The minimum Gasteiger partial charge on any atom is -0.469 e. The molecule has 0 saturated heterocycles. The third-order valence-electron chi connectivity index (χ3n) is 4.00. The number of imidazole rings is 1. The van der Waals surface area contributed by atoms with Gasteiger partial charge in [-0.3, -0.25) is 9.59 Å². The Morgan fingerprint density at radius 2 is 2.00 bits per heavy atom. The van der Waals surface area contributed by atoms with E-state index >= 15 is 0 Å². The molecule has 7 heteroatoms. The molecule has 1 aromatic carbocycles. The van der Waals surface area contributed by atoms with Crippen molar-refractivity contribution in [2.24, 2.45) is 0 Å². The summed E-state index contributed by atoms with van der Waals surface area (Å²) in [6, 6.07) is 13.0. The number of amides is 1. The molecule has 0 bridgehead atoms. The number of fused-ring (bicyclic) bond motifs is 1. The van der Waals surface area contributed by atoms with Crippen LogP contribution in [0.1, 0.15) is 29.4 Å². The van der Waals surface area contributed by atoms with Crippen LogP contribution in [0, 0.1) is 0 Å². The highest BCUT2D eigenvalue weighted by molar-refractivity contribution is 7.98. The fourth-order valence-corrected chi connectivity index (χ4v) is 3.39. The molecule has 0 aliphatic rings. The van der Waals surface area contributed by atoms with E-state index in [9.17, 15) is 9.59 Å². The molecule has 0 saturated carbocycles. The third kappa shape index (κ3) is 5.10. The molecule has 2 heterocycles. The van der Waals surface area contributed by atoms with E-state index in [2.05, 4.69) is 15.0 Å². The maximum Gasteiger partial charge on any atom is 0.307 e. The number of methoxy groups -OCH3 is 1. The molecular formula is C20H21N3O3S. The van der Waals surface area contributed by atoms with Crippen molar-refractivity contribution in [1.82, 2.24) is 14.7 Å². The second-order valence-electron chi connectivity index (χ2n) is 6.17. The zero-order chi connectivity index (χ0) is 19.2. The number of esters is 1. The minimum absolute atomic E-state index is 0.148. The number of hydrogen-bond donors (Lipinski definition) is 1. The van der Waals surface area contributed by atoms with Crippen LogP contribution in [-0.4, -0.2) is 34.4 Å². The first-order valence-electron chi connectivity index (χ1n) is 8.58. The Kier molecular flexibility index (Phi) is 6.13. The molecule has 140 valence electrons. The molecule has 0 aliphatic heterocycles. The van der Waals surface area contributed by atoms with Crippen molar-refractivity contribution in [3.63, 3.8) is 0 Å². The van der Waals surface area contributed by atoms with E-state index in [1.165, 1.54) is 7.11 Å². The standard InChI is InChI=1S/C20H21N3O3S/c1-14(11-19(24)26-2)21-20(25)15-6-8-17(9-7-15)27-13-16-12-23-10-4-3-5-18(23)22-16/h3-10,12,14H,11,13H2,1-2H3,(H,21,25). The van der Waals surface area contributed by atoms with Crippen molar-refractivity contribution in [2.45, 2.75) is 30.0 Å². The second-order valence-corrected chi connectivity index (χ2v) is 7.21. The van der Waals surface area contributed by atoms with Gasteiger partial charge in [0.25, 0.3) is 5.91 Å². The molecule has 0 aliphatic carbocycles. The molecule has 3 rings (SSSR count). The Balaban J connectivity index is 1.55. The molecule has 2 aromatic heterocycles. The molecule has 1 N–H and O–H groups in total. The second kappa shape index (κ2) is 8.73. The van der Waals surface area contributed by atoms with Crippen LogP contribution >= 0.6 is 11.8 Å². The van der Waals surface area contributed by atoms with Gasteiger partial charge in [0, 0.05) is 34.6 Å². The maximum absolute atomic E-state index is 12.2. The quantitative estimate of drug-likeness (QED) is 0.501. The molecule has 6 nitrogen and oxygen atoms in total. The summed E-state index contributed by atoms with van der Waals surface area (Å²) >= 11 is 1.67. The number of rotatable bonds is 7. The Morgan fingerprint density at radius 1 is 1.22 bits per heavy atom. The Morgan fingerprint density at radius 3 is 2.70 bits per heavy atom. The van der Waals surface area contributed by atoms with Gasteiger partial charge in [0.1, 0.15) is 5.65 Å². The van der Waals surface area contributed by atoms with Gasteiger partial charge < -0.3 is 14.5 Å². The lowest BCUT2D eigenvalue weighted by Crippen LogP contribution is -2.34.